The fraction of sp³-hybridized carbons (Fsp3) is 0.0556. The first-order valence-corrected chi connectivity index (χ1v) is 8.81. The summed E-state index contributed by atoms with van der Waals surface area (Å²) < 4.78 is 14.9. The molecule has 2 aromatic heterocycles. The fourth-order valence-electron chi connectivity index (χ4n) is 2.81. The van der Waals surface area contributed by atoms with Crippen molar-refractivity contribution in [3.05, 3.63) is 76.0 Å². The van der Waals surface area contributed by atoms with Crippen LogP contribution in [0.5, 0.6) is 0 Å². The van der Waals surface area contributed by atoms with E-state index in [0.717, 1.165) is 4.88 Å². The number of carbonyl (C=O) groups excluding carboxylic acids is 1. The van der Waals surface area contributed by atoms with Crippen LogP contribution in [0.2, 0.25) is 0 Å². The van der Waals surface area contributed by atoms with Crippen LogP contribution >= 0.6 is 11.3 Å². The van der Waals surface area contributed by atoms with Gasteiger partial charge in [0, 0.05) is 10.6 Å². The molecule has 0 aliphatic carbocycles. The van der Waals surface area contributed by atoms with Crippen LogP contribution in [0, 0.1) is 5.82 Å². The zero-order chi connectivity index (χ0) is 19.0. The Kier molecular flexibility index (Phi) is 4.21. The Hall–Kier alpha value is -3.46. The maximum atomic E-state index is 13.3. The molecule has 0 saturated carbocycles. The van der Waals surface area contributed by atoms with Crippen LogP contribution in [0.3, 0.4) is 0 Å². The van der Waals surface area contributed by atoms with E-state index in [1.54, 1.807) is 16.8 Å². The molecule has 0 bridgehead atoms. The molecule has 3 N–H and O–H groups in total. The van der Waals surface area contributed by atoms with Gasteiger partial charge in [0.05, 0.1) is 6.20 Å². The minimum atomic E-state index is -1.14. The van der Waals surface area contributed by atoms with Crippen molar-refractivity contribution in [1.82, 2.24) is 9.78 Å². The van der Waals surface area contributed by atoms with Gasteiger partial charge in [0.15, 0.2) is 0 Å². The van der Waals surface area contributed by atoms with Crippen LogP contribution in [-0.2, 0) is 4.79 Å². The Morgan fingerprint density at radius 3 is 2.85 bits per heavy atom. The summed E-state index contributed by atoms with van der Waals surface area (Å²) in [7, 11) is 0. The molecule has 1 aliphatic heterocycles. The Bertz CT molecular complexity index is 1060. The molecule has 3 aromatic rings. The summed E-state index contributed by atoms with van der Waals surface area (Å²) in [6, 6.07) is 8.79. The van der Waals surface area contributed by atoms with E-state index in [-0.39, 0.29) is 17.1 Å². The zero-order valence-electron chi connectivity index (χ0n) is 13.7. The SMILES string of the molecule is O=C(O)C1=CC(c2cccs2)n2ncc(C(=O)Nc3cccc(F)c3)c2N1. The fourth-order valence-corrected chi connectivity index (χ4v) is 3.59. The number of nitrogens with zero attached hydrogens (tertiary/aromatic N) is 2. The Labute approximate surface area is 156 Å². The Morgan fingerprint density at radius 1 is 1.30 bits per heavy atom. The molecule has 27 heavy (non-hydrogen) atoms. The number of nitrogens with one attached hydrogen (secondary N) is 2. The number of amides is 1. The highest BCUT2D eigenvalue weighted by molar-refractivity contribution is 7.10. The van der Waals surface area contributed by atoms with Crippen molar-refractivity contribution in [3.63, 3.8) is 0 Å². The van der Waals surface area contributed by atoms with E-state index in [1.165, 1.54) is 35.7 Å². The maximum Gasteiger partial charge on any atom is 0.352 e. The Balaban J connectivity index is 1.70. The maximum absolute atomic E-state index is 13.3. The lowest BCUT2D eigenvalue weighted by molar-refractivity contribution is -0.132. The van der Waals surface area contributed by atoms with Gasteiger partial charge in [0.1, 0.15) is 28.9 Å². The Morgan fingerprint density at radius 2 is 2.15 bits per heavy atom. The lowest BCUT2D eigenvalue weighted by Crippen LogP contribution is -2.25. The van der Waals surface area contributed by atoms with E-state index >= 15 is 0 Å². The number of thiophene rings is 1. The number of halogens is 1. The standard InChI is InChI=1S/C18H13FN4O3S/c19-10-3-1-4-11(7-10)21-17(24)12-9-20-23-14(15-5-2-6-27-15)8-13(18(25)26)22-16(12)23/h1-9,14,22H,(H,21,24)(H,25,26). The third-order valence-electron chi connectivity index (χ3n) is 4.03. The third kappa shape index (κ3) is 3.20. The molecule has 1 unspecified atom stereocenters. The van der Waals surface area contributed by atoms with Crippen molar-refractivity contribution in [1.29, 1.82) is 0 Å². The summed E-state index contributed by atoms with van der Waals surface area (Å²) >= 11 is 1.46. The lowest BCUT2D eigenvalue weighted by Gasteiger charge is -2.23. The number of rotatable bonds is 4. The summed E-state index contributed by atoms with van der Waals surface area (Å²) in [5.74, 6) is -1.87. The van der Waals surface area contributed by atoms with E-state index < -0.39 is 23.7 Å². The number of anilines is 2. The summed E-state index contributed by atoms with van der Waals surface area (Å²) in [5.41, 5.74) is 0.411. The number of hydrogen-bond acceptors (Lipinski definition) is 5. The van der Waals surface area contributed by atoms with E-state index in [4.69, 9.17) is 0 Å². The first-order chi connectivity index (χ1) is 13.0. The predicted octanol–water partition coefficient (Wildman–Crippen LogP) is 3.32. The van der Waals surface area contributed by atoms with Gasteiger partial charge in [-0.1, -0.05) is 12.1 Å². The molecule has 1 atom stereocenters. The highest BCUT2D eigenvalue weighted by Crippen LogP contribution is 2.34. The monoisotopic (exact) mass is 384 g/mol. The van der Waals surface area contributed by atoms with Gasteiger partial charge < -0.3 is 15.7 Å². The van der Waals surface area contributed by atoms with Gasteiger partial charge >= 0.3 is 5.97 Å². The van der Waals surface area contributed by atoms with Gasteiger partial charge in [-0.3, -0.25) is 4.79 Å². The van der Waals surface area contributed by atoms with Gasteiger partial charge in [-0.05, 0) is 35.7 Å². The van der Waals surface area contributed by atoms with Gasteiger partial charge in [-0.2, -0.15) is 5.10 Å². The molecule has 0 spiro atoms. The highest BCUT2D eigenvalue weighted by Gasteiger charge is 2.29. The van der Waals surface area contributed by atoms with Crippen molar-refractivity contribution in [2.24, 2.45) is 0 Å². The number of aliphatic carboxylic acids is 1. The van der Waals surface area contributed by atoms with Crippen LogP contribution in [0.15, 0.2) is 59.7 Å². The molecule has 3 heterocycles. The molecule has 0 saturated heterocycles. The minimum Gasteiger partial charge on any atom is -0.477 e. The van der Waals surface area contributed by atoms with E-state index in [2.05, 4.69) is 15.7 Å². The van der Waals surface area contributed by atoms with Gasteiger partial charge in [0.2, 0.25) is 0 Å². The largest absolute Gasteiger partial charge is 0.477 e. The van der Waals surface area contributed by atoms with Crippen LogP contribution in [0.25, 0.3) is 0 Å². The van der Waals surface area contributed by atoms with Crippen LogP contribution < -0.4 is 10.6 Å². The molecule has 0 fully saturated rings. The van der Waals surface area contributed by atoms with Gasteiger partial charge in [-0.15, -0.1) is 11.3 Å². The van der Waals surface area contributed by atoms with E-state index in [0.29, 0.717) is 5.69 Å². The number of benzene rings is 1. The molecule has 9 heteroatoms. The first kappa shape index (κ1) is 17.0. The third-order valence-corrected chi connectivity index (χ3v) is 4.97. The zero-order valence-corrected chi connectivity index (χ0v) is 14.5. The smallest absolute Gasteiger partial charge is 0.352 e. The lowest BCUT2D eigenvalue weighted by atomic mass is 10.1. The molecular formula is C18H13FN4O3S. The summed E-state index contributed by atoms with van der Waals surface area (Å²) in [6.45, 7) is 0. The first-order valence-electron chi connectivity index (χ1n) is 7.93. The number of carboxylic acid groups (broad SMARTS) is 1. The van der Waals surface area contributed by atoms with Crippen LogP contribution in [-0.4, -0.2) is 26.8 Å². The van der Waals surface area contributed by atoms with Crippen LogP contribution in [0.4, 0.5) is 15.9 Å². The van der Waals surface area contributed by atoms with Crippen LogP contribution in [0.1, 0.15) is 21.3 Å². The topological polar surface area (TPSA) is 96.2 Å². The van der Waals surface area contributed by atoms with Crippen molar-refractivity contribution in [2.45, 2.75) is 6.04 Å². The second kappa shape index (κ2) is 6.69. The van der Waals surface area contributed by atoms with Gasteiger partial charge in [0.25, 0.3) is 5.91 Å². The van der Waals surface area contributed by atoms with Crippen molar-refractivity contribution in [2.75, 3.05) is 10.6 Å². The summed E-state index contributed by atoms with van der Waals surface area (Å²) in [6.07, 6.45) is 2.90. The molecule has 1 aliphatic rings. The minimum absolute atomic E-state index is 0.0406. The number of hydrogen-bond donors (Lipinski definition) is 3. The molecule has 136 valence electrons. The predicted molar refractivity (Wildman–Crippen MR) is 98.4 cm³/mol. The number of carboxylic acids is 1. The molecular weight excluding hydrogens is 371 g/mol. The van der Waals surface area contributed by atoms with Gasteiger partial charge in [-0.25, -0.2) is 13.9 Å². The number of aromatic nitrogens is 2. The number of fused-ring (bicyclic) bond motifs is 1. The molecule has 1 aromatic carbocycles. The summed E-state index contributed by atoms with van der Waals surface area (Å²) in [4.78, 5) is 25.0. The van der Waals surface area contributed by atoms with E-state index in [9.17, 15) is 19.1 Å². The average Bonchev–Trinajstić information content (AvgIpc) is 3.30. The number of carbonyl (C=O) groups is 2. The van der Waals surface area contributed by atoms with Crippen molar-refractivity contribution < 1.29 is 19.1 Å². The molecule has 1 amide bonds. The second-order valence-corrected chi connectivity index (χ2v) is 6.77. The highest BCUT2D eigenvalue weighted by atomic mass is 32.1. The second-order valence-electron chi connectivity index (χ2n) is 5.79. The molecule has 0 radical (unpaired) electrons. The van der Waals surface area contributed by atoms with Crippen molar-refractivity contribution in [3.8, 4) is 0 Å². The summed E-state index contributed by atoms with van der Waals surface area (Å²) in [5, 5.41) is 20.9. The molecule has 4 rings (SSSR count). The quantitative estimate of drug-likeness (QED) is 0.641. The van der Waals surface area contributed by atoms with E-state index in [1.807, 2.05) is 17.5 Å². The van der Waals surface area contributed by atoms with Crippen molar-refractivity contribution >= 4 is 34.7 Å². The average molecular weight is 384 g/mol. The number of allylic oxidation sites excluding steroid dienone is 1. The molecule has 7 nitrogen and oxygen atoms in total. The normalized spacial score (nSPS) is 15.4.